The lowest BCUT2D eigenvalue weighted by Gasteiger charge is -1.90. The molecule has 0 aliphatic rings. The van der Waals surface area contributed by atoms with E-state index in [9.17, 15) is 4.79 Å². The van der Waals surface area contributed by atoms with E-state index in [2.05, 4.69) is 11.8 Å². The fraction of sp³-hybridized carbons (Fsp3) is 0.182. The van der Waals surface area contributed by atoms with E-state index in [0.29, 0.717) is 6.42 Å². The van der Waals surface area contributed by atoms with Crippen LogP contribution in [0.2, 0.25) is 0 Å². The van der Waals surface area contributed by atoms with Crippen molar-refractivity contribution in [3.05, 3.63) is 35.4 Å². The number of carbonyl (C=O) groups is 1. The molecular weight excluding hydrogens is 148 g/mol. The second kappa shape index (κ2) is 4.35. The van der Waals surface area contributed by atoms with Crippen molar-refractivity contribution in [2.24, 2.45) is 0 Å². The summed E-state index contributed by atoms with van der Waals surface area (Å²) < 4.78 is 0. The second-order valence-electron chi connectivity index (χ2n) is 2.54. The SMILES string of the molecule is Cc1ccc(C#CCC=O)cc1. The topological polar surface area (TPSA) is 17.1 Å². The standard InChI is InChI=1S/C11H10O/c1-10-5-7-11(8-6-10)4-2-3-9-12/h5-9H,3H2,1H3. The minimum atomic E-state index is 0.313. The highest BCUT2D eigenvalue weighted by atomic mass is 16.1. The molecule has 0 aliphatic heterocycles. The van der Waals surface area contributed by atoms with Gasteiger partial charge in [-0.3, -0.25) is 0 Å². The Labute approximate surface area is 72.4 Å². The number of hydrogen-bond donors (Lipinski definition) is 0. The van der Waals surface area contributed by atoms with Crippen LogP contribution in [0.3, 0.4) is 0 Å². The van der Waals surface area contributed by atoms with Gasteiger partial charge in [0.2, 0.25) is 0 Å². The molecule has 1 heteroatoms. The summed E-state index contributed by atoms with van der Waals surface area (Å²) in [4.78, 5) is 9.95. The largest absolute Gasteiger partial charge is 0.302 e. The van der Waals surface area contributed by atoms with Gasteiger partial charge >= 0.3 is 0 Å². The van der Waals surface area contributed by atoms with Crippen LogP contribution in [0, 0.1) is 18.8 Å². The van der Waals surface area contributed by atoms with E-state index in [1.165, 1.54) is 5.56 Å². The fourth-order valence-electron chi connectivity index (χ4n) is 0.832. The zero-order valence-corrected chi connectivity index (χ0v) is 7.00. The molecular formula is C11H10O. The third kappa shape index (κ3) is 2.59. The summed E-state index contributed by atoms with van der Waals surface area (Å²) >= 11 is 0. The quantitative estimate of drug-likeness (QED) is 0.451. The van der Waals surface area contributed by atoms with Gasteiger partial charge in [-0.15, -0.1) is 0 Å². The first-order valence-electron chi connectivity index (χ1n) is 3.82. The molecule has 12 heavy (non-hydrogen) atoms. The molecule has 60 valence electrons. The zero-order valence-electron chi connectivity index (χ0n) is 7.00. The Morgan fingerprint density at radius 2 is 2.00 bits per heavy atom. The van der Waals surface area contributed by atoms with Crippen LogP contribution in [0.15, 0.2) is 24.3 Å². The molecule has 0 fully saturated rings. The summed E-state index contributed by atoms with van der Waals surface area (Å²) in [6, 6.07) is 7.91. The van der Waals surface area contributed by atoms with Gasteiger partial charge in [-0.1, -0.05) is 29.5 Å². The van der Waals surface area contributed by atoms with Gasteiger partial charge in [-0.05, 0) is 19.1 Å². The van der Waals surface area contributed by atoms with Crippen molar-refractivity contribution in [3.8, 4) is 11.8 Å². The van der Waals surface area contributed by atoms with Crippen LogP contribution < -0.4 is 0 Å². The lowest BCUT2D eigenvalue weighted by Crippen LogP contribution is -1.75. The number of aryl methyl sites for hydroxylation is 1. The van der Waals surface area contributed by atoms with Gasteiger partial charge in [0, 0.05) is 5.56 Å². The number of benzene rings is 1. The first kappa shape index (κ1) is 8.55. The minimum Gasteiger partial charge on any atom is -0.302 e. The molecule has 0 unspecified atom stereocenters. The summed E-state index contributed by atoms with van der Waals surface area (Å²) in [5, 5.41) is 0. The fourth-order valence-corrected chi connectivity index (χ4v) is 0.832. The lowest BCUT2D eigenvalue weighted by atomic mass is 10.1. The normalized spacial score (nSPS) is 8.42. The summed E-state index contributed by atoms with van der Waals surface area (Å²) in [5.41, 5.74) is 2.18. The summed E-state index contributed by atoms with van der Waals surface area (Å²) in [7, 11) is 0. The van der Waals surface area contributed by atoms with E-state index >= 15 is 0 Å². The Kier molecular flexibility index (Phi) is 3.10. The molecule has 0 saturated carbocycles. The van der Waals surface area contributed by atoms with Gasteiger partial charge in [-0.25, -0.2) is 0 Å². The maximum absolute atomic E-state index is 9.95. The Morgan fingerprint density at radius 3 is 2.58 bits per heavy atom. The van der Waals surface area contributed by atoms with Crippen molar-refractivity contribution in [2.75, 3.05) is 0 Å². The molecule has 0 aliphatic carbocycles. The van der Waals surface area contributed by atoms with Crippen molar-refractivity contribution in [1.29, 1.82) is 0 Å². The Morgan fingerprint density at radius 1 is 1.33 bits per heavy atom. The van der Waals surface area contributed by atoms with Crippen molar-refractivity contribution >= 4 is 6.29 Å². The molecule has 0 amide bonds. The zero-order chi connectivity index (χ0) is 8.81. The van der Waals surface area contributed by atoms with E-state index in [1.54, 1.807) is 0 Å². The highest BCUT2D eigenvalue weighted by Crippen LogP contribution is 2.00. The number of aldehydes is 1. The highest BCUT2D eigenvalue weighted by molar-refractivity contribution is 5.54. The van der Waals surface area contributed by atoms with Crippen LogP contribution in [-0.4, -0.2) is 6.29 Å². The van der Waals surface area contributed by atoms with Crippen LogP contribution in [0.5, 0.6) is 0 Å². The molecule has 1 rings (SSSR count). The average Bonchev–Trinajstić information content (AvgIpc) is 2.09. The van der Waals surface area contributed by atoms with E-state index in [1.807, 2.05) is 31.2 Å². The molecule has 0 bridgehead atoms. The van der Waals surface area contributed by atoms with Gasteiger partial charge in [0.05, 0.1) is 6.42 Å². The third-order valence-electron chi connectivity index (χ3n) is 1.47. The Balaban J connectivity index is 2.72. The molecule has 0 aromatic heterocycles. The summed E-state index contributed by atoms with van der Waals surface area (Å²) in [6.07, 6.45) is 1.12. The van der Waals surface area contributed by atoms with Gasteiger partial charge in [0.25, 0.3) is 0 Å². The average molecular weight is 158 g/mol. The van der Waals surface area contributed by atoms with Gasteiger partial charge < -0.3 is 4.79 Å². The molecule has 0 radical (unpaired) electrons. The number of carbonyl (C=O) groups excluding carboxylic acids is 1. The van der Waals surface area contributed by atoms with Crippen molar-refractivity contribution in [2.45, 2.75) is 13.3 Å². The molecule has 1 aromatic rings. The van der Waals surface area contributed by atoms with Crippen LogP contribution in [0.25, 0.3) is 0 Å². The lowest BCUT2D eigenvalue weighted by molar-refractivity contribution is -0.107. The Hall–Kier alpha value is -1.55. The predicted octanol–water partition coefficient (Wildman–Crippen LogP) is 1.94. The number of hydrogen-bond acceptors (Lipinski definition) is 1. The summed E-state index contributed by atoms with van der Waals surface area (Å²) in [6.45, 7) is 2.03. The highest BCUT2D eigenvalue weighted by Gasteiger charge is 1.84. The minimum absolute atomic E-state index is 0.313. The smallest absolute Gasteiger partial charge is 0.131 e. The van der Waals surface area contributed by atoms with Crippen molar-refractivity contribution < 1.29 is 4.79 Å². The molecule has 0 saturated heterocycles. The van der Waals surface area contributed by atoms with Crippen molar-refractivity contribution in [1.82, 2.24) is 0 Å². The first-order chi connectivity index (χ1) is 5.83. The molecule has 0 spiro atoms. The maximum Gasteiger partial charge on any atom is 0.131 e. The summed E-state index contributed by atoms with van der Waals surface area (Å²) in [5.74, 6) is 5.64. The Bertz CT molecular complexity index is 311. The van der Waals surface area contributed by atoms with E-state index < -0.39 is 0 Å². The predicted molar refractivity (Wildman–Crippen MR) is 48.7 cm³/mol. The maximum atomic E-state index is 9.95. The van der Waals surface area contributed by atoms with E-state index in [4.69, 9.17) is 0 Å². The van der Waals surface area contributed by atoms with E-state index in [-0.39, 0.29) is 0 Å². The molecule has 0 N–H and O–H groups in total. The number of rotatable bonds is 1. The van der Waals surface area contributed by atoms with Crippen LogP contribution >= 0.6 is 0 Å². The van der Waals surface area contributed by atoms with E-state index in [0.717, 1.165) is 11.8 Å². The molecule has 0 atom stereocenters. The monoisotopic (exact) mass is 158 g/mol. The first-order valence-corrected chi connectivity index (χ1v) is 3.82. The van der Waals surface area contributed by atoms with Crippen molar-refractivity contribution in [3.63, 3.8) is 0 Å². The molecule has 1 aromatic carbocycles. The van der Waals surface area contributed by atoms with Gasteiger partial charge in [-0.2, -0.15) is 0 Å². The van der Waals surface area contributed by atoms with Crippen LogP contribution in [0.4, 0.5) is 0 Å². The van der Waals surface area contributed by atoms with Gasteiger partial charge in [0.15, 0.2) is 0 Å². The third-order valence-corrected chi connectivity index (χ3v) is 1.47. The second-order valence-corrected chi connectivity index (χ2v) is 2.54. The van der Waals surface area contributed by atoms with Gasteiger partial charge in [0.1, 0.15) is 6.29 Å². The van der Waals surface area contributed by atoms with Crippen LogP contribution in [-0.2, 0) is 4.79 Å². The molecule has 1 nitrogen and oxygen atoms in total. The van der Waals surface area contributed by atoms with Crippen LogP contribution in [0.1, 0.15) is 17.5 Å². The molecule has 0 heterocycles.